The molecule has 2 aliphatic rings. The monoisotopic (exact) mass is 220 g/mol. The Morgan fingerprint density at radius 2 is 2.12 bits per heavy atom. The van der Waals surface area contributed by atoms with E-state index in [9.17, 15) is 0 Å². The number of hydrogen-bond acceptors (Lipinski definition) is 3. The smallest absolute Gasteiger partial charge is 0.157 e. The van der Waals surface area contributed by atoms with Crippen LogP contribution in [0.1, 0.15) is 50.5 Å². The molecular weight excluding hydrogens is 200 g/mol. The molecule has 0 saturated carbocycles. The van der Waals surface area contributed by atoms with Crippen molar-refractivity contribution in [2.24, 2.45) is 0 Å². The highest BCUT2D eigenvalue weighted by molar-refractivity contribution is 5.19. The van der Waals surface area contributed by atoms with Crippen molar-refractivity contribution in [3.8, 4) is 0 Å². The summed E-state index contributed by atoms with van der Waals surface area (Å²) in [6, 6.07) is 2.20. The highest BCUT2D eigenvalue weighted by atomic mass is 16.5. The fourth-order valence-corrected chi connectivity index (χ4v) is 3.41. The molecule has 1 aromatic heterocycles. The lowest BCUT2D eigenvalue weighted by atomic mass is 9.91. The lowest BCUT2D eigenvalue weighted by Gasteiger charge is -2.28. The molecule has 0 amide bonds. The number of aryl methyl sites for hydroxylation is 1. The van der Waals surface area contributed by atoms with Crippen LogP contribution in [0, 0.1) is 0 Å². The van der Waals surface area contributed by atoms with Crippen LogP contribution in [-0.4, -0.2) is 23.1 Å². The fourth-order valence-electron chi connectivity index (χ4n) is 3.41. The lowest BCUT2D eigenvalue weighted by molar-refractivity contribution is 0.150. The minimum Gasteiger partial charge on any atom is -0.359 e. The topological polar surface area (TPSA) is 29.3 Å². The van der Waals surface area contributed by atoms with Crippen molar-refractivity contribution in [2.75, 3.05) is 13.1 Å². The van der Waals surface area contributed by atoms with Gasteiger partial charge in [-0.25, -0.2) is 0 Å². The van der Waals surface area contributed by atoms with Crippen LogP contribution in [-0.2, 0) is 12.0 Å². The molecule has 0 bridgehead atoms. The molecule has 2 aliphatic heterocycles. The van der Waals surface area contributed by atoms with Crippen molar-refractivity contribution < 1.29 is 4.52 Å². The summed E-state index contributed by atoms with van der Waals surface area (Å²) in [5, 5.41) is 4.20. The quantitative estimate of drug-likeness (QED) is 0.784. The Morgan fingerprint density at radius 1 is 1.38 bits per heavy atom. The third-order valence-electron chi connectivity index (χ3n) is 4.17. The van der Waals surface area contributed by atoms with Gasteiger partial charge in [0.1, 0.15) is 0 Å². The van der Waals surface area contributed by atoms with Gasteiger partial charge in [0.25, 0.3) is 0 Å². The van der Waals surface area contributed by atoms with Crippen molar-refractivity contribution >= 4 is 0 Å². The number of hydrogen-bond donors (Lipinski definition) is 0. The average Bonchev–Trinajstić information content (AvgIpc) is 2.88. The highest BCUT2D eigenvalue weighted by Gasteiger charge is 2.48. The molecule has 88 valence electrons. The standard InChI is InChI=1S/C13H20N2O/c1-2-5-11-10-12(16-14-11)13-6-3-8-15(13)9-4-7-13/h10H,2-9H2,1H3. The molecule has 0 aliphatic carbocycles. The Kier molecular flexibility index (Phi) is 2.51. The van der Waals surface area contributed by atoms with E-state index in [2.05, 4.69) is 23.0 Å². The van der Waals surface area contributed by atoms with Gasteiger partial charge < -0.3 is 4.52 Å². The molecule has 0 unspecified atom stereocenters. The van der Waals surface area contributed by atoms with E-state index in [1.54, 1.807) is 0 Å². The minimum absolute atomic E-state index is 0.221. The predicted octanol–water partition coefficient (Wildman–Crippen LogP) is 2.71. The van der Waals surface area contributed by atoms with Crippen molar-refractivity contribution in [1.82, 2.24) is 10.1 Å². The van der Waals surface area contributed by atoms with E-state index in [4.69, 9.17) is 4.52 Å². The van der Waals surface area contributed by atoms with Crippen LogP contribution in [0.2, 0.25) is 0 Å². The summed E-state index contributed by atoms with van der Waals surface area (Å²) in [4.78, 5) is 2.60. The number of aromatic nitrogens is 1. The molecular formula is C13H20N2O. The van der Waals surface area contributed by atoms with Crippen molar-refractivity contribution in [1.29, 1.82) is 0 Å². The zero-order chi connectivity index (χ0) is 11.0. The third-order valence-corrected chi connectivity index (χ3v) is 4.17. The summed E-state index contributed by atoms with van der Waals surface area (Å²) < 4.78 is 5.61. The van der Waals surface area contributed by atoms with Crippen LogP contribution in [0.5, 0.6) is 0 Å². The van der Waals surface area contributed by atoms with E-state index in [0.717, 1.165) is 24.3 Å². The molecule has 0 aromatic carbocycles. The number of fused-ring (bicyclic) bond motifs is 1. The largest absolute Gasteiger partial charge is 0.359 e. The Balaban J connectivity index is 1.89. The van der Waals surface area contributed by atoms with Crippen LogP contribution < -0.4 is 0 Å². The summed E-state index contributed by atoms with van der Waals surface area (Å²) in [6.07, 6.45) is 7.32. The molecule has 0 atom stereocenters. The molecule has 3 heterocycles. The SMILES string of the molecule is CCCc1cc(C23CCCN2CCC3)on1. The second kappa shape index (κ2) is 3.88. The molecule has 2 saturated heterocycles. The van der Waals surface area contributed by atoms with Crippen LogP contribution in [0.3, 0.4) is 0 Å². The first-order chi connectivity index (χ1) is 7.85. The van der Waals surface area contributed by atoms with Crippen LogP contribution in [0.15, 0.2) is 10.6 Å². The molecule has 1 aromatic rings. The molecule has 3 rings (SSSR count). The summed E-state index contributed by atoms with van der Waals surface area (Å²) in [5.41, 5.74) is 1.35. The first-order valence-corrected chi connectivity index (χ1v) is 6.56. The number of rotatable bonds is 3. The van der Waals surface area contributed by atoms with E-state index in [-0.39, 0.29) is 5.54 Å². The Bertz CT molecular complexity index is 362. The molecule has 0 radical (unpaired) electrons. The zero-order valence-electron chi connectivity index (χ0n) is 10.0. The summed E-state index contributed by atoms with van der Waals surface area (Å²) in [5.74, 6) is 1.13. The average molecular weight is 220 g/mol. The summed E-state index contributed by atoms with van der Waals surface area (Å²) in [7, 11) is 0. The molecule has 0 spiro atoms. The van der Waals surface area contributed by atoms with Gasteiger partial charge in [0.05, 0.1) is 11.2 Å². The zero-order valence-corrected chi connectivity index (χ0v) is 10.0. The van der Waals surface area contributed by atoms with E-state index in [0.29, 0.717) is 0 Å². The van der Waals surface area contributed by atoms with Crippen molar-refractivity contribution in [3.05, 3.63) is 17.5 Å². The van der Waals surface area contributed by atoms with Gasteiger partial charge in [-0.1, -0.05) is 18.5 Å². The van der Waals surface area contributed by atoms with Crippen LogP contribution in [0.4, 0.5) is 0 Å². The maximum Gasteiger partial charge on any atom is 0.157 e. The van der Waals surface area contributed by atoms with Crippen LogP contribution in [0.25, 0.3) is 0 Å². The first-order valence-electron chi connectivity index (χ1n) is 6.56. The summed E-state index contributed by atoms with van der Waals surface area (Å²) in [6.45, 7) is 4.66. The predicted molar refractivity (Wildman–Crippen MR) is 62.2 cm³/mol. The Morgan fingerprint density at radius 3 is 2.81 bits per heavy atom. The maximum absolute atomic E-state index is 5.61. The van der Waals surface area contributed by atoms with Gasteiger partial charge in [-0.2, -0.15) is 0 Å². The second-order valence-corrected chi connectivity index (χ2v) is 5.16. The molecule has 0 N–H and O–H groups in total. The van der Waals surface area contributed by atoms with E-state index in [1.165, 1.54) is 38.8 Å². The Labute approximate surface area is 96.8 Å². The molecule has 3 nitrogen and oxygen atoms in total. The van der Waals surface area contributed by atoms with E-state index < -0.39 is 0 Å². The summed E-state index contributed by atoms with van der Waals surface area (Å²) >= 11 is 0. The normalized spacial score (nSPS) is 23.8. The van der Waals surface area contributed by atoms with Gasteiger partial charge in [-0.15, -0.1) is 0 Å². The van der Waals surface area contributed by atoms with E-state index in [1.807, 2.05) is 0 Å². The maximum atomic E-state index is 5.61. The Hall–Kier alpha value is -0.830. The second-order valence-electron chi connectivity index (χ2n) is 5.16. The van der Waals surface area contributed by atoms with E-state index >= 15 is 0 Å². The minimum atomic E-state index is 0.221. The van der Waals surface area contributed by atoms with Gasteiger partial charge >= 0.3 is 0 Å². The first kappa shape index (κ1) is 10.3. The lowest BCUT2D eigenvalue weighted by Crippen LogP contribution is -2.34. The van der Waals surface area contributed by atoms with Crippen LogP contribution >= 0.6 is 0 Å². The fraction of sp³-hybridized carbons (Fsp3) is 0.769. The number of nitrogens with zero attached hydrogens (tertiary/aromatic N) is 2. The van der Waals surface area contributed by atoms with Crippen molar-refractivity contribution in [3.63, 3.8) is 0 Å². The van der Waals surface area contributed by atoms with Gasteiger partial charge in [0.15, 0.2) is 5.76 Å². The van der Waals surface area contributed by atoms with Crippen molar-refractivity contribution in [2.45, 2.75) is 51.0 Å². The van der Waals surface area contributed by atoms with Gasteiger partial charge in [0.2, 0.25) is 0 Å². The highest BCUT2D eigenvalue weighted by Crippen LogP contribution is 2.46. The molecule has 2 fully saturated rings. The third kappa shape index (κ3) is 1.41. The van der Waals surface area contributed by atoms with Gasteiger partial charge in [0, 0.05) is 6.07 Å². The van der Waals surface area contributed by atoms with Gasteiger partial charge in [-0.05, 0) is 45.2 Å². The van der Waals surface area contributed by atoms with Gasteiger partial charge in [-0.3, -0.25) is 4.90 Å². The molecule has 16 heavy (non-hydrogen) atoms. The molecule has 3 heteroatoms.